The van der Waals surface area contributed by atoms with Gasteiger partial charge in [-0.15, -0.1) is 0 Å². The predicted molar refractivity (Wildman–Crippen MR) is 61.7 cm³/mol. The summed E-state index contributed by atoms with van der Waals surface area (Å²) in [6, 6.07) is -1.44. The third-order valence-electron chi connectivity index (χ3n) is 3.16. The van der Waals surface area contributed by atoms with Gasteiger partial charge < -0.3 is 16.4 Å². The van der Waals surface area contributed by atoms with Crippen molar-refractivity contribution < 1.29 is 9.59 Å². The van der Waals surface area contributed by atoms with Crippen LogP contribution in [0.2, 0.25) is 0 Å². The van der Waals surface area contributed by atoms with Crippen LogP contribution in [0, 0.1) is 5.92 Å². The Balaban J connectivity index is 2.75. The van der Waals surface area contributed by atoms with Gasteiger partial charge in [-0.2, -0.15) is 0 Å². The largest absolute Gasteiger partial charge is 0.351 e. The number of urea groups is 1. The Morgan fingerprint density at radius 3 is 2.44 bits per heavy atom. The molecule has 1 rings (SSSR count). The molecule has 2 atom stereocenters. The molecule has 4 N–H and O–H groups in total. The van der Waals surface area contributed by atoms with Crippen molar-refractivity contribution in [3.05, 3.63) is 0 Å². The number of hydrogen-bond donors (Lipinski definition) is 2. The second-order valence-electron chi connectivity index (χ2n) is 4.72. The molecule has 0 saturated carbocycles. The van der Waals surface area contributed by atoms with Gasteiger partial charge in [0.25, 0.3) is 0 Å². The number of piperidine rings is 1. The van der Waals surface area contributed by atoms with Crippen LogP contribution in [-0.4, -0.2) is 35.3 Å². The van der Waals surface area contributed by atoms with E-state index in [1.807, 2.05) is 13.8 Å². The lowest BCUT2D eigenvalue weighted by atomic mass is 9.90. The van der Waals surface area contributed by atoms with Gasteiger partial charge in [0.1, 0.15) is 0 Å². The van der Waals surface area contributed by atoms with Crippen LogP contribution < -0.4 is 11.5 Å². The second kappa shape index (κ2) is 5.30. The Labute approximate surface area is 96.1 Å². The Kier molecular flexibility index (Phi) is 4.29. The van der Waals surface area contributed by atoms with E-state index in [1.165, 1.54) is 4.90 Å². The smallest absolute Gasteiger partial charge is 0.315 e. The van der Waals surface area contributed by atoms with E-state index in [0.29, 0.717) is 13.0 Å². The first-order valence-electron chi connectivity index (χ1n) is 5.80. The van der Waals surface area contributed by atoms with Gasteiger partial charge >= 0.3 is 6.03 Å². The molecule has 0 bridgehead atoms. The van der Waals surface area contributed by atoms with Crippen LogP contribution in [0.1, 0.15) is 33.1 Å². The van der Waals surface area contributed by atoms with E-state index in [0.717, 1.165) is 12.8 Å². The quantitative estimate of drug-likeness (QED) is 0.734. The van der Waals surface area contributed by atoms with Gasteiger partial charge in [-0.05, 0) is 25.2 Å². The zero-order valence-electron chi connectivity index (χ0n) is 9.98. The fourth-order valence-corrected chi connectivity index (χ4v) is 2.04. The van der Waals surface area contributed by atoms with Crippen LogP contribution >= 0.6 is 0 Å². The molecule has 1 unspecified atom stereocenters. The summed E-state index contributed by atoms with van der Waals surface area (Å²) in [6.45, 7) is 4.37. The molecule has 2 amide bonds. The molecule has 1 heterocycles. The van der Waals surface area contributed by atoms with Crippen LogP contribution in [0.25, 0.3) is 0 Å². The molecule has 1 saturated heterocycles. The monoisotopic (exact) mass is 227 g/mol. The lowest BCUT2D eigenvalue weighted by Gasteiger charge is -2.35. The molecule has 1 aliphatic rings. The lowest BCUT2D eigenvalue weighted by molar-refractivity contribution is -0.126. The van der Waals surface area contributed by atoms with E-state index in [4.69, 9.17) is 11.5 Å². The Morgan fingerprint density at radius 1 is 1.31 bits per heavy atom. The number of carbonyl (C=O) groups excluding carboxylic acids is 2. The van der Waals surface area contributed by atoms with Crippen molar-refractivity contribution in [2.24, 2.45) is 17.4 Å². The maximum absolute atomic E-state index is 12.1. The predicted octanol–water partition coefficient (Wildman–Crippen LogP) is 0.472. The summed E-state index contributed by atoms with van der Waals surface area (Å²) in [5.74, 6) is 0.0256. The van der Waals surface area contributed by atoms with Crippen LogP contribution in [-0.2, 0) is 4.79 Å². The van der Waals surface area contributed by atoms with Crippen LogP contribution in [0.4, 0.5) is 4.79 Å². The molecule has 1 fully saturated rings. The van der Waals surface area contributed by atoms with Gasteiger partial charge in [-0.1, -0.05) is 13.8 Å². The lowest BCUT2D eigenvalue weighted by Crippen LogP contribution is -2.55. The number of nitrogens with two attached hydrogens (primary N) is 2. The van der Waals surface area contributed by atoms with Crippen molar-refractivity contribution >= 4 is 11.8 Å². The Bertz CT molecular complexity index is 278. The molecule has 1 aliphatic heterocycles. The third-order valence-corrected chi connectivity index (χ3v) is 3.16. The first-order chi connectivity index (χ1) is 7.45. The molecule has 0 radical (unpaired) electrons. The molecule has 0 aromatic carbocycles. The van der Waals surface area contributed by atoms with E-state index in [2.05, 4.69) is 0 Å². The van der Waals surface area contributed by atoms with Crippen molar-refractivity contribution in [1.82, 2.24) is 4.90 Å². The van der Waals surface area contributed by atoms with Crippen molar-refractivity contribution in [3.8, 4) is 0 Å². The highest BCUT2D eigenvalue weighted by Gasteiger charge is 2.34. The number of ketones is 1. The number of likely N-dealkylation sites (tertiary alicyclic amines) is 1. The highest BCUT2D eigenvalue weighted by molar-refractivity contribution is 5.92. The molecule has 0 aliphatic carbocycles. The molecular formula is C11H21N3O2. The average molecular weight is 227 g/mol. The minimum atomic E-state index is -0.519. The van der Waals surface area contributed by atoms with E-state index < -0.39 is 18.1 Å². The summed E-state index contributed by atoms with van der Waals surface area (Å²) >= 11 is 0. The minimum Gasteiger partial charge on any atom is -0.351 e. The third kappa shape index (κ3) is 2.72. The zero-order chi connectivity index (χ0) is 12.3. The van der Waals surface area contributed by atoms with E-state index in [9.17, 15) is 9.59 Å². The highest BCUT2D eigenvalue weighted by atomic mass is 16.2. The molecule has 0 spiro atoms. The molecule has 5 nitrogen and oxygen atoms in total. The maximum atomic E-state index is 12.1. The fourth-order valence-electron chi connectivity index (χ4n) is 2.04. The normalized spacial score (nSPS) is 23.2. The zero-order valence-corrected chi connectivity index (χ0v) is 9.98. The summed E-state index contributed by atoms with van der Waals surface area (Å²) in [4.78, 5) is 24.7. The van der Waals surface area contributed by atoms with Crippen molar-refractivity contribution in [2.75, 3.05) is 6.54 Å². The molecule has 0 aromatic heterocycles. The number of carbonyl (C=O) groups is 2. The van der Waals surface area contributed by atoms with Crippen LogP contribution in [0.15, 0.2) is 0 Å². The summed E-state index contributed by atoms with van der Waals surface area (Å²) in [5.41, 5.74) is 11.1. The average Bonchev–Trinajstić information content (AvgIpc) is 2.26. The van der Waals surface area contributed by atoms with Gasteiger partial charge in [0, 0.05) is 6.54 Å². The minimum absolute atomic E-state index is 0.0616. The van der Waals surface area contributed by atoms with E-state index >= 15 is 0 Å². The topological polar surface area (TPSA) is 89.4 Å². The first kappa shape index (κ1) is 13.0. The van der Waals surface area contributed by atoms with E-state index in [-0.39, 0.29) is 11.7 Å². The molecular weight excluding hydrogens is 206 g/mol. The van der Waals surface area contributed by atoms with Crippen molar-refractivity contribution in [1.29, 1.82) is 0 Å². The van der Waals surface area contributed by atoms with Crippen LogP contribution in [0.5, 0.6) is 0 Å². The fraction of sp³-hybridized carbons (Fsp3) is 0.818. The van der Waals surface area contributed by atoms with Gasteiger partial charge in [0.2, 0.25) is 0 Å². The van der Waals surface area contributed by atoms with Gasteiger partial charge in [0.15, 0.2) is 5.78 Å². The summed E-state index contributed by atoms with van der Waals surface area (Å²) in [7, 11) is 0. The summed E-state index contributed by atoms with van der Waals surface area (Å²) < 4.78 is 0. The number of nitrogens with zero attached hydrogens (tertiary/aromatic N) is 1. The van der Waals surface area contributed by atoms with Crippen molar-refractivity contribution in [3.63, 3.8) is 0 Å². The Hall–Kier alpha value is -1.10. The highest BCUT2D eigenvalue weighted by Crippen LogP contribution is 2.19. The number of amides is 2. The molecule has 5 heteroatoms. The van der Waals surface area contributed by atoms with Gasteiger partial charge in [-0.25, -0.2) is 4.79 Å². The summed E-state index contributed by atoms with van der Waals surface area (Å²) in [6.07, 6.45) is 2.54. The van der Waals surface area contributed by atoms with Crippen LogP contribution in [0.3, 0.4) is 0 Å². The SMILES string of the molecule is CC(C)[C@H](N)C(=O)C1CCCCN1C(N)=O. The molecule has 16 heavy (non-hydrogen) atoms. The molecule has 0 aromatic rings. The number of primary amides is 1. The van der Waals surface area contributed by atoms with Gasteiger partial charge in [-0.3, -0.25) is 4.79 Å². The molecule has 92 valence electrons. The van der Waals surface area contributed by atoms with Gasteiger partial charge in [0.05, 0.1) is 12.1 Å². The van der Waals surface area contributed by atoms with E-state index in [1.54, 1.807) is 0 Å². The first-order valence-corrected chi connectivity index (χ1v) is 5.80. The Morgan fingerprint density at radius 2 is 1.94 bits per heavy atom. The second-order valence-corrected chi connectivity index (χ2v) is 4.72. The standard InChI is InChI=1S/C11H21N3O2/c1-7(2)9(12)10(15)8-5-3-4-6-14(8)11(13)16/h7-9H,3-6,12H2,1-2H3,(H2,13,16)/t8?,9-/m0/s1. The number of Topliss-reactive ketones (excluding diaryl/α,β-unsaturated/α-hetero) is 1. The number of hydrogen-bond acceptors (Lipinski definition) is 3. The number of rotatable bonds is 3. The van der Waals surface area contributed by atoms with Crippen molar-refractivity contribution in [2.45, 2.75) is 45.2 Å². The summed E-state index contributed by atoms with van der Waals surface area (Å²) in [5, 5.41) is 0. The maximum Gasteiger partial charge on any atom is 0.315 e.